The Morgan fingerprint density at radius 2 is 2.53 bits per heavy atom. The first-order valence-corrected chi connectivity index (χ1v) is 6.07. The SMILES string of the molecule is C=C/[N+](I)=C(\N=C/NC)n1cncc1I. The van der Waals surface area contributed by atoms with Crippen molar-refractivity contribution in [3.05, 3.63) is 29.0 Å². The Morgan fingerprint density at radius 1 is 1.80 bits per heavy atom. The molecule has 1 rings (SSSR count). The van der Waals surface area contributed by atoms with Crippen LogP contribution >= 0.6 is 45.5 Å². The molecule has 0 amide bonds. The molecule has 0 saturated heterocycles. The smallest absolute Gasteiger partial charge is 0.365 e. The molecule has 0 saturated carbocycles. The number of aliphatic imine (C=N–C) groups is 1. The molecule has 0 aliphatic heterocycles. The summed E-state index contributed by atoms with van der Waals surface area (Å²) in [6.45, 7) is 3.70. The minimum absolute atomic E-state index is 0.724. The van der Waals surface area contributed by atoms with Gasteiger partial charge in [-0.15, -0.1) is 0 Å². The molecule has 80 valence electrons. The summed E-state index contributed by atoms with van der Waals surface area (Å²) >= 11 is 4.30. The van der Waals surface area contributed by atoms with Gasteiger partial charge in [0.05, 0.1) is 12.4 Å². The van der Waals surface area contributed by atoms with Crippen LogP contribution in [0.3, 0.4) is 0 Å². The van der Waals surface area contributed by atoms with E-state index < -0.39 is 0 Å². The topological polar surface area (TPSA) is 45.2 Å². The highest BCUT2D eigenvalue weighted by molar-refractivity contribution is 14.1. The molecule has 0 unspecified atom stereocenters. The molecule has 0 aromatic carbocycles. The van der Waals surface area contributed by atoms with Crippen molar-refractivity contribution in [1.82, 2.24) is 14.9 Å². The Kier molecular flexibility index (Phi) is 5.22. The summed E-state index contributed by atoms with van der Waals surface area (Å²) in [5.41, 5.74) is 0. The Morgan fingerprint density at radius 3 is 3.00 bits per heavy atom. The molecule has 1 heterocycles. The fourth-order valence-corrected chi connectivity index (χ4v) is 1.71. The van der Waals surface area contributed by atoms with Crippen molar-refractivity contribution in [3.63, 3.8) is 0 Å². The standard InChI is InChI=1S/C8H9I2N5/c1-3-15(10)8(13-5-11-2)14-6-12-4-7(14)9/h3-6H,1H2,2H3/p+1. The third-order valence-electron chi connectivity index (χ3n) is 1.47. The van der Waals surface area contributed by atoms with Gasteiger partial charge < -0.3 is 5.32 Å². The van der Waals surface area contributed by atoms with E-state index in [1.54, 1.807) is 34.9 Å². The molecule has 7 heteroatoms. The third kappa shape index (κ3) is 3.26. The number of rotatable bonds is 2. The molecule has 0 aliphatic rings. The number of hydrogen-bond donors (Lipinski definition) is 1. The zero-order valence-electron chi connectivity index (χ0n) is 8.06. The van der Waals surface area contributed by atoms with Crippen molar-refractivity contribution in [2.45, 2.75) is 0 Å². The minimum Gasteiger partial charge on any atom is -0.365 e. The second kappa shape index (κ2) is 6.20. The van der Waals surface area contributed by atoms with Crippen molar-refractivity contribution >= 4 is 57.8 Å². The summed E-state index contributed by atoms with van der Waals surface area (Å²) < 4.78 is 4.64. The molecule has 0 fully saturated rings. The van der Waals surface area contributed by atoms with Crippen LogP contribution < -0.4 is 5.32 Å². The maximum absolute atomic E-state index is 4.26. The highest BCUT2D eigenvalue weighted by atomic mass is 127. The van der Waals surface area contributed by atoms with Crippen LogP contribution in [0.15, 0.2) is 30.3 Å². The van der Waals surface area contributed by atoms with E-state index in [1.807, 2.05) is 4.57 Å². The van der Waals surface area contributed by atoms with Gasteiger partial charge in [-0.05, 0) is 22.6 Å². The zero-order valence-corrected chi connectivity index (χ0v) is 12.4. The van der Waals surface area contributed by atoms with E-state index in [9.17, 15) is 0 Å². The van der Waals surface area contributed by atoms with E-state index in [2.05, 4.69) is 67.3 Å². The number of imidazole rings is 1. The summed E-state index contributed by atoms with van der Waals surface area (Å²) in [7, 11) is 1.80. The van der Waals surface area contributed by atoms with Gasteiger partial charge in [0.25, 0.3) is 0 Å². The minimum atomic E-state index is 0.724. The number of aromatic nitrogens is 2. The first kappa shape index (κ1) is 12.6. The van der Waals surface area contributed by atoms with Gasteiger partial charge >= 0.3 is 5.96 Å². The van der Waals surface area contributed by atoms with Gasteiger partial charge in [-0.2, -0.15) is 7.36 Å². The number of hydrogen-bond acceptors (Lipinski definition) is 1. The van der Waals surface area contributed by atoms with E-state index in [1.165, 1.54) is 0 Å². The van der Waals surface area contributed by atoms with E-state index in [-0.39, 0.29) is 0 Å². The van der Waals surface area contributed by atoms with Crippen LogP contribution in [0.25, 0.3) is 0 Å². The third-order valence-corrected chi connectivity index (χ3v) is 3.09. The van der Waals surface area contributed by atoms with Crippen molar-refractivity contribution < 1.29 is 2.79 Å². The molecule has 0 radical (unpaired) electrons. The van der Waals surface area contributed by atoms with E-state index in [0.29, 0.717) is 0 Å². The van der Waals surface area contributed by atoms with Gasteiger partial charge in [0, 0.05) is 7.05 Å². The molecule has 1 aromatic heterocycles. The Hall–Kier alpha value is -0.450. The molecular formula is C8H10I2N5+. The van der Waals surface area contributed by atoms with E-state index in [4.69, 9.17) is 0 Å². The predicted octanol–water partition coefficient (Wildman–Crippen LogP) is 1.45. The van der Waals surface area contributed by atoms with Gasteiger partial charge in [-0.25, -0.2) is 4.98 Å². The lowest BCUT2D eigenvalue weighted by Gasteiger charge is -1.96. The average molecular weight is 430 g/mol. The molecular weight excluding hydrogens is 420 g/mol. The summed E-state index contributed by atoms with van der Waals surface area (Å²) in [5, 5.41) is 2.85. The van der Waals surface area contributed by atoms with Crippen LogP contribution in [-0.2, 0) is 0 Å². The second-order valence-electron chi connectivity index (χ2n) is 2.43. The van der Waals surface area contributed by atoms with E-state index in [0.717, 1.165) is 9.66 Å². The first-order valence-electron chi connectivity index (χ1n) is 4.03. The second-order valence-corrected chi connectivity index (χ2v) is 4.57. The highest BCUT2D eigenvalue weighted by Gasteiger charge is 2.15. The van der Waals surface area contributed by atoms with Crippen molar-refractivity contribution in [2.75, 3.05) is 7.05 Å². The van der Waals surface area contributed by atoms with Crippen LogP contribution in [-0.4, -0.2) is 31.7 Å². The fourth-order valence-electron chi connectivity index (χ4n) is 0.850. The number of nitrogens with one attached hydrogen (secondary N) is 1. The van der Waals surface area contributed by atoms with Crippen molar-refractivity contribution in [3.8, 4) is 0 Å². The van der Waals surface area contributed by atoms with Crippen LogP contribution in [0.1, 0.15) is 0 Å². The highest BCUT2D eigenvalue weighted by Crippen LogP contribution is 2.05. The summed E-state index contributed by atoms with van der Waals surface area (Å²) in [6, 6.07) is 0. The predicted molar refractivity (Wildman–Crippen MR) is 77.4 cm³/mol. The number of halogens is 2. The van der Waals surface area contributed by atoms with Gasteiger partial charge in [0.2, 0.25) is 0 Å². The average Bonchev–Trinajstić information content (AvgIpc) is 2.65. The van der Waals surface area contributed by atoms with Gasteiger partial charge in [0.15, 0.2) is 39.2 Å². The normalized spacial score (nSPS) is 12.7. The lowest BCUT2D eigenvalue weighted by molar-refractivity contribution is -0.205. The maximum Gasteiger partial charge on any atom is 0.415 e. The molecule has 0 bridgehead atoms. The van der Waals surface area contributed by atoms with Crippen molar-refractivity contribution in [2.24, 2.45) is 4.99 Å². The molecule has 5 nitrogen and oxygen atoms in total. The van der Waals surface area contributed by atoms with E-state index >= 15 is 0 Å². The zero-order chi connectivity index (χ0) is 11.3. The number of nitrogens with zero attached hydrogens (tertiary/aromatic N) is 4. The first-order chi connectivity index (χ1) is 7.20. The van der Waals surface area contributed by atoms with Crippen LogP contribution in [0.2, 0.25) is 0 Å². The molecule has 1 aromatic rings. The van der Waals surface area contributed by atoms with Gasteiger partial charge in [-0.1, -0.05) is 11.6 Å². The van der Waals surface area contributed by atoms with Gasteiger partial charge in [-0.3, -0.25) is 0 Å². The Bertz CT molecular complexity index is 407. The van der Waals surface area contributed by atoms with Crippen LogP contribution in [0.5, 0.6) is 0 Å². The van der Waals surface area contributed by atoms with Gasteiger partial charge in [0.1, 0.15) is 0 Å². The van der Waals surface area contributed by atoms with Crippen LogP contribution in [0, 0.1) is 3.70 Å². The largest absolute Gasteiger partial charge is 0.415 e. The summed E-state index contributed by atoms with van der Waals surface area (Å²) in [5.74, 6) is 0.724. The lowest BCUT2D eigenvalue weighted by Crippen LogP contribution is -2.19. The Balaban J connectivity index is 3.19. The molecule has 0 spiro atoms. The molecule has 0 aliphatic carbocycles. The monoisotopic (exact) mass is 430 g/mol. The Labute approximate surface area is 116 Å². The summed E-state index contributed by atoms with van der Waals surface area (Å²) in [4.78, 5) is 8.31. The maximum atomic E-state index is 4.26. The molecule has 1 N–H and O–H groups in total. The quantitative estimate of drug-likeness (QED) is 0.335. The molecule has 15 heavy (non-hydrogen) atoms. The fraction of sp³-hybridized carbons (Fsp3) is 0.125. The summed E-state index contributed by atoms with van der Waals surface area (Å²) in [6.07, 6.45) is 6.77. The van der Waals surface area contributed by atoms with Crippen LogP contribution in [0.4, 0.5) is 0 Å². The molecule has 0 atom stereocenters. The van der Waals surface area contributed by atoms with Crippen molar-refractivity contribution in [1.29, 1.82) is 0 Å². The lowest BCUT2D eigenvalue weighted by atomic mass is 10.8.